The monoisotopic (exact) mass is 596 g/mol. The zero-order valence-electron chi connectivity index (χ0n) is 23.3. The van der Waals surface area contributed by atoms with Crippen molar-refractivity contribution in [2.24, 2.45) is 5.92 Å². The third-order valence-electron chi connectivity index (χ3n) is 6.78. The Morgan fingerprint density at radius 3 is 2.63 bits per heavy atom. The molecule has 0 unspecified atom stereocenters. The molecule has 228 valence electrons. The van der Waals surface area contributed by atoms with E-state index in [0.29, 0.717) is 62.2 Å². The maximum atomic E-state index is 12.5. The molecule has 5 rings (SSSR count). The van der Waals surface area contributed by atoms with Gasteiger partial charge in [-0.15, -0.1) is 0 Å². The van der Waals surface area contributed by atoms with Crippen LogP contribution < -0.4 is 25.7 Å². The maximum absolute atomic E-state index is 12.5. The number of carboxylic acid groups (broad SMARTS) is 2. The normalized spacial score (nSPS) is 18.0. The van der Waals surface area contributed by atoms with E-state index >= 15 is 0 Å². The van der Waals surface area contributed by atoms with Crippen LogP contribution in [0.25, 0.3) is 11.0 Å². The molecule has 3 aromatic rings. The molecule has 5 heterocycles. The Hall–Kier alpha value is -4.86. The largest absolute Gasteiger partial charge is 0.495 e. The van der Waals surface area contributed by atoms with E-state index in [1.807, 2.05) is 12.1 Å². The van der Waals surface area contributed by atoms with Gasteiger partial charge in [0.2, 0.25) is 0 Å². The highest BCUT2D eigenvalue weighted by Crippen LogP contribution is 2.25. The number of aliphatic hydroxyl groups is 1. The number of carboxylic acids is 2. The first-order valence-electron chi connectivity index (χ1n) is 13.3. The van der Waals surface area contributed by atoms with Crippen molar-refractivity contribution in [2.45, 2.75) is 19.2 Å². The van der Waals surface area contributed by atoms with Gasteiger partial charge in [-0.25, -0.2) is 14.6 Å². The highest BCUT2D eigenvalue weighted by molar-refractivity contribution is 5.94. The van der Waals surface area contributed by atoms with Gasteiger partial charge in [0.15, 0.2) is 18.2 Å². The van der Waals surface area contributed by atoms with Crippen molar-refractivity contribution >= 4 is 34.7 Å². The van der Waals surface area contributed by atoms with Crippen LogP contribution in [0.15, 0.2) is 53.5 Å². The fraction of sp³-hybridized carbons (Fsp3) is 0.357. The number of carbonyl (C=O) groups excluding carboxylic acids is 1. The number of β-amino-alcohol motifs (C(OH)–C–C–N with tert-alkyl or cyclic N) is 1. The summed E-state index contributed by atoms with van der Waals surface area (Å²) in [7, 11) is 1.57. The number of fused-ring (bicyclic) bond motifs is 2. The summed E-state index contributed by atoms with van der Waals surface area (Å²) < 4.78 is 12.3. The number of pyridine rings is 3. The van der Waals surface area contributed by atoms with Crippen LogP contribution in [0.3, 0.4) is 0 Å². The first kappa shape index (κ1) is 31.1. The number of ether oxygens (including phenoxy) is 2. The highest BCUT2D eigenvalue weighted by Gasteiger charge is 2.30. The van der Waals surface area contributed by atoms with E-state index in [1.54, 1.807) is 30.0 Å². The molecule has 1 amide bonds. The Morgan fingerprint density at radius 1 is 1.14 bits per heavy atom. The number of methoxy groups -OCH3 is 1. The summed E-state index contributed by atoms with van der Waals surface area (Å²) in [6.07, 6.45) is 2.29. The molecule has 0 aliphatic carbocycles. The SMILES string of the molecule is COc1cnc2ccc(=O)n(CCN3C[C@H](CNCc4ccc5c(n4)NC(=O)CO5)[C@H](O)C3)c2c1.O=C(O)C=CC(=O)O. The van der Waals surface area contributed by atoms with Crippen molar-refractivity contribution in [1.29, 1.82) is 0 Å². The zero-order chi connectivity index (χ0) is 30.9. The fourth-order valence-electron chi connectivity index (χ4n) is 4.69. The van der Waals surface area contributed by atoms with Crippen LogP contribution in [0.4, 0.5) is 5.82 Å². The van der Waals surface area contributed by atoms with Crippen molar-refractivity contribution in [3.8, 4) is 11.5 Å². The van der Waals surface area contributed by atoms with Crippen LogP contribution in [-0.4, -0.2) is 98.6 Å². The highest BCUT2D eigenvalue weighted by atomic mass is 16.5. The van der Waals surface area contributed by atoms with Gasteiger partial charge >= 0.3 is 11.9 Å². The van der Waals surface area contributed by atoms with E-state index in [2.05, 4.69) is 25.5 Å². The predicted molar refractivity (Wildman–Crippen MR) is 153 cm³/mol. The Morgan fingerprint density at radius 2 is 1.91 bits per heavy atom. The molecule has 1 fully saturated rings. The lowest BCUT2D eigenvalue weighted by Crippen LogP contribution is -2.31. The van der Waals surface area contributed by atoms with Crippen molar-refractivity contribution in [1.82, 2.24) is 24.8 Å². The lowest BCUT2D eigenvalue weighted by atomic mass is 10.1. The number of aromatic nitrogens is 3. The summed E-state index contributed by atoms with van der Waals surface area (Å²) in [4.78, 5) is 54.1. The van der Waals surface area contributed by atoms with Crippen LogP contribution >= 0.6 is 0 Å². The molecule has 0 aromatic carbocycles. The number of aliphatic hydroxyl groups excluding tert-OH is 1. The summed E-state index contributed by atoms with van der Waals surface area (Å²) in [5.41, 5.74) is 2.15. The molecule has 43 heavy (non-hydrogen) atoms. The van der Waals surface area contributed by atoms with Crippen molar-refractivity contribution in [2.75, 3.05) is 45.2 Å². The van der Waals surface area contributed by atoms with E-state index < -0.39 is 18.0 Å². The van der Waals surface area contributed by atoms with Gasteiger partial charge in [-0.1, -0.05) is 0 Å². The molecule has 2 aliphatic rings. The number of amides is 1. The molecule has 15 heteroatoms. The van der Waals surface area contributed by atoms with Crippen LogP contribution in [0.2, 0.25) is 0 Å². The topological polar surface area (TPSA) is 205 Å². The summed E-state index contributed by atoms with van der Waals surface area (Å²) in [6.45, 7) is 3.52. The lowest BCUT2D eigenvalue weighted by Gasteiger charge is -2.18. The Labute approximate surface area is 245 Å². The molecule has 3 aromatic heterocycles. The van der Waals surface area contributed by atoms with E-state index in [0.717, 1.165) is 23.3 Å². The average molecular weight is 597 g/mol. The van der Waals surface area contributed by atoms with Gasteiger partial charge in [0.1, 0.15) is 5.75 Å². The number of carbonyl (C=O) groups is 3. The van der Waals surface area contributed by atoms with E-state index in [-0.39, 0.29) is 24.0 Å². The fourth-order valence-corrected chi connectivity index (χ4v) is 4.69. The number of nitrogens with one attached hydrogen (secondary N) is 2. The van der Waals surface area contributed by atoms with Gasteiger partial charge in [0.25, 0.3) is 11.5 Å². The van der Waals surface area contributed by atoms with Gasteiger partial charge in [0, 0.05) is 69.5 Å². The zero-order valence-corrected chi connectivity index (χ0v) is 23.3. The summed E-state index contributed by atoms with van der Waals surface area (Å²) >= 11 is 0. The Kier molecular flexibility index (Phi) is 10.4. The second kappa shape index (κ2) is 14.4. The van der Waals surface area contributed by atoms with Gasteiger partial charge < -0.3 is 40.0 Å². The summed E-state index contributed by atoms with van der Waals surface area (Å²) in [5.74, 6) is -1.08. The first-order valence-corrected chi connectivity index (χ1v) is 13.3. The van der Waals surface area contributed by atoms with Gasteiger partial charge in [-0.05, 0) is 18.2 Å². The molecule has 2 aliphatic heterocycles. The molecule has 2 atom stereocenters. The van der Waals surface area contributed by atoms with Crippen molar-refractivity contribution < 1.29 is 39.2 Å². The predicted octanol–water partition coefficient (Wildman–Crippen LogP) is -0.0747. The van der Waals surface area contributed by atoms with Gasteiger partial charge in [-0.3, -0.25) is 19.5 Å². The smallest absolute Gasteiger partial charge is 0.328 e. The van der Waals surface area contributed by atoms with E-state index in [4.69, 9.17) is 19.7 Å². The second-order valence-electron chi connectivity index (χ2n) is 9.82. The van der Waals surface area contributed by atoms with E-state index in [9.17, 15) is 24.3 Å². The molecule has 0 radical (unpaired) electrons. The van der Waals surface area contributed by atoms with E-state index in [1.165, 1.54) is 6.07 Å². The van der Waals surface area contributed by atoms with Crippen LogP contribution in [0.5, 0.6) is 11.5 Å². The molecule has 0 bridgehead atoms. The lowest BCUT2D eigenvalue weighted by molar-refractivity contribution is -0.134. The van der Waals surface area contributed by atoms with Gasteiger partial charge in [-0.2, -0.15) is 0 Å². The third kappa shape index (κ3) is 8.57. The number of likely N-dealkylation sites (tertiary alicyclic amines) is 1. The molecule has 5 N–H and O–H groups in total. The van der Waals surface area contributed by atoms with Crippen LogP contribution in [0, 0.1) is 5.92 Å². The standard InChI is InChI=1S/C24H28N6O5.C4H4O4/c1-34-17-8-19-18(26-11-17)3-5-23(33)30(19)7-6-29-12-15(20(31)13-29)9-25-10-16-2-4-21-24(27-16)28-22(32)14-35-21;5-3(6)1-2-4(7)8/h2-5,8,11,15,20,25,31H,6-7,9-10,12-14H2,1H3,(H,27,28,32);1-2H,(H,5,6)(H,7,8)/t15-,20+;/m0./s1. The third-order valence-corrected chi connectivity index (χ3v) is 6.78. The number of hydrogen-bond acceptors (Lipinski definition) is 11. The molecule has 0 saturated carbocycles. The molecule has 0 spiro atoms. The quantitative estimate of drug-likeness (QED) is 0.195. The summed E-state index contributed by atoms with van der Waals surface area (Å²) in [6, 6.07) is 8.71. The van der Waals surface area contributed by atoms with Crippen molar-refractivity contribution in [3.05, 3.63) is 64.7 Å². The molecule has 15 nitrogen and oxygen atoms in total. The van der Waals surface area contributed by atoms with Crippen LogP contribution in [0.1, 0.15) is 5.69 Å². The number of anilines is 1. The second-order valence-corrected chi connectivity index (χ2v) is 9.82. The van der Waals surface area contributed by atoms with Crippen molar-refractivity contribution in [3.63, 3.8) is 0 Å². The van der Waals surface area contributed by atoms with Crippen LogP contribution in [-0.2, 0) is 27.5 Å². The maximum Gasteiger partial charge on any atom is 0.328 e. The minimum Gasteiger partial charge on any atom is -0.495 e. The Bertz CT molecular complexity index is 1560. The number of nitrogens with zero attached hydrogens (tertiary/aromatic N) is 4. The molecule has 1 saturated heterocycles. The molecular formula is C28H32N6O9. The first-order chi connectivity index (χ1) is 20.6. The average Bonchev–Trinajstić information content (AvgIpc) is 3.34. The van der Waals surface area contributed by atoms with Gasteiger partial charge in [0.05, 0.1) is 36.1 Å². The minimum absolute atomic E-state index is 0.00254. The number of rotatable bonds is 10. The number of aliphatic carboxylic acids is 2. The minimum atomic E-state index is -1.26. The number of hydrogen-bond donors (Lipinski definition) is 5. The summed E-state index contributed by atoms with van der Waals surface area (Å²) in [5, 5.41) is 32.3. The Balaban J connectivity index is 0.000000467. The molecular weight excluding hydrogens is 564 g/mol.